The molecule has 0 spiro atoms. The van der Waals surface area contributed by atoms with Crippen LogP contribution in [0.4, 0.5) is 0 Å². The fraction of sp³-hybridized carbons (Fsp3) is 0.692. The van der Waals surface area contributed by atoms with E-state index in [1.54, 1.807) is 4.68 Å². The van der Waals surface area contributed by atoms with Gasteiger partial charge in [-0.1, -0.05) is 0 Å². The minimum Gasteiger partial charge on any atom is -0.465 e. The lowest BCUT2D eigenvalue weighted by atomic mass is 10.2. The van der Waals surface area contributed by atoms with Crippen LogP contribution >= 0.6 is 0 Å². The van der Waals surface area contributed by atoms with E-state index in [1.807, 2.05) is 20.8 Å². The maximum atomic E-state index is 11.5. The molecule has 5 heteroatoms. The highest BCUT2D eigenvalue weighted by atomic mass is 16.5. The maximum Gasteiger partial charge on any atom is 0.327 e. The maximum absolute atomic E-state index is 11.5. The molecule has 1 heterocycles. The third kappa shape index (κ3) is 3.10. The predicted molar refractivity (Wildman–Crippen MR) is 68.2 cm³/mol. The Bertz CT molecular complexity index is 436. The molecular weight excluding hydrogens is 230 g/mol. The molecule has 0 radical (unpaired) electrons. The van der Waals surface area contributed by atoms with Crippen LogP contribution in [0.2, 0.25) is 0 Å². The van der Waals surface area contributed by atoms with Gasteiger partial charge in [-0.15, -0.1) is 0 Å². The van der Waals surface area contributed by atoms with Crippen molar-refractivity contribution >= 4 is 5.97 Å². The van der Waals surface area contributed by atoms with Crippen molar-refractivity contribution in [1.82, 2.24) is 15.1 Å². The van der Waals surface area contributed by atoms with Gasteiger partial charge in [0.25, 0.3) is 0 Å². The Kier molecular flexibility index (Phi) is 4.01. The molecule has 1 aliphatic rings. The monoisotopic (exact) mass is 251 g/mol. The van der Waals surface area contributed by atoms with Crippen molar-refractivity contribution in [3.8, 4) is 0 Å². The molecule has 0 aromatic carbocycles. The first-order valence-corrected chi connectivity index (χ1v) is 6.53. The van der Waals surface area contributed by atoms with Crippen LogP contribution in [-0.2, 0) is 22.6 Å². The summed E-state index contributed by atoms with van der Waals surface area (Å²) in [5, 5.41) is 7.88. The number of aromatic nitrogens is 2. The molecule has 0 saturated heterocycles. The van der Waals surface area contributed by atoms with Crippen LogP contribution in [0.3, 0.4) is 0 Å². The largest absolute Gasteiger partial charge is 0.465 e. The molecule has 1 aromatic heterocycles. The van der Waals surface area contributed by atoms with E-state index in [0.717, 1.165) is 17.9 Å². The van der Waals surface area contributed by atoms with Crippen LogP contribution < -0.4 is 5.32 Å². The zero-order valence-electron chi connectivity index (χ0n) is 11.3. The Morgan fingerprint density at radius 2 is 2.22 bits per heavy atom. The summed E-state index contributed by atoms with van der Waals surface area (Å²) in [6, 6.07) is 0.678. The minimum atomic E-state index is -0.232. The fourth-order valence-corrected chi connectivity index (χ4v) is 2.01. The van der Waals surface area contributed by atoms with Crippen LogP contribution in [0, 0.1) is 13.8 Å². The first kappa shape index (κ1) is 13.1. The quantitative estimate of drug-likeness (QED) is 0.775. The molecule has 100 valence electrons. The van der Waals surface area contributed by atoms with E-state index in [0.29, 0.717) is 12.6 Å². The lowest BCUT2D eigenvalue weighted by molar-refractivity contribution is -0.144. The number of hydrogen-bond donors (Lipinski definition) is 1. The van der Waals surface area contributed by atoms with Crippen LogP contribution in [0.1, 0.15) is 36.7 Å². The summed E-state index contributed by atoms with van der Waals surface area (Å²) in [6.45, 7) is 7.25. The van der Waals surface area contributed by atoms with Crippen molar-refractivity contribution in [2.24, 2.45) is 0 Å². The van der Waals surface area contributed by atoms with Crippen LogP contribution in [-0.4, -0.2) is 28.4 Å². The van der Waals surface area contributed by atoms with Gasteiger partial charge in [0.2, 0.25) is 0 Å². The van der Waals surface area contributed by atoms with Gasteiger partial charge in [-0.25, -0.2) is 0 Å². The van der Waals surface area contributed by atoms with E-state index >= 15 is 0 Å². The van der Waals surface area contributed by atoms with Crippen molar-refractivity contribution in [2.75, 3.05) is 6.61 Å². The zero-order valence-corrected chi connectivity index (χ0v) is 11.3. The summed E-state index contributed by atoms with van der Waals surface area (Å²) in [4.78, 5) is 11.5. The van der Waals surface area contributed by atoms with Gasteiger partial charge in [0.1, 0.15) is 6.54 Å². The molecule has 0 bridgehead atoms. The first-order chi connectivity index (χ1) is 8.61. The van der Waals surface area contributed by atoms with Crippen molar-refractivity contribution < 1.29 is 9.53 Å². The standard InChI is InChI=1S/C13H21N3O2/c1-4-18-13(17)8-16-10(3)12(9(2)15-16)7-14-11-5-6-11/h11,14H,4-8H2,1-3H3. The van der Waals surface area contributed by atoms with Gasteiger partial charge < -0.3 is 10.1 Å². The highest BCUT2D eigenvalue weighted by molar-refractivity contribution is 5.69. The zero-order chi connectivity index (χ0) is 13.1. The molecule has 0 unspecified atom stereocenters. The molecule has 18 heavy (non-hydrogen) atoms. The number of rotatable bonds is 6. The smallest absolute Gasteiger partial charge is 0.327 e. The number of nitrogens with zero attached hydrogens (tertiary/aromatic N) is 2. The van der Waals surface area contributed by atoms with Crippen molar-refractivity contribution in [3.63, 3.8) is 0 Å². The van der Waals surface area contributed by atoms with Crippen molar-refractivity contribution in [2.45, 2.75) is 52.7 Å². The second-order valence-electron chi connectivity index (χ2n) is 4.77. The predicted octanol–water partition coefficient (Wildman–Crippen LogP) is 1.32. The van der Waals surface area contributed by atoms with E-state index < -0.39 is 0 Å². The number of carbonyl (C=O) groups is 1. The molecule has 0 amide bonds. The van der Waals surface area contributed by atoms with E-state index in [1.165, 1.54) is 18.4 Å². The van der Waals surface area contributed by atoms with Gasteiger partial charge in [0.15, 0.2) is 0 Å². The second kappa shape index (κ2) is 5.52. The van der Waals surface area contributed by atoms with Gasteiger partial charge in [0, 0.05) is 23.8 Å². The molecule has 5 nitrogen and oxygen atoms in total. The molecule has 1 saturated carbocycles. The normalized spacial score (nSPS) is 14.8. The molecule has 2 rings (SSSR count). The molecule has 1 fully saturated rings. The Morgan fingerprint density at radius 3 is 2.83 bits per heavy atom. The first-order valence-electron chi connectivity index (χ1n) is 6.53. The van der Waals surface area contributed by atoms with E-state index in [-0.39, 0.29) is 12.5 Å². The van der Waals surface area contributed by atoms with Crippen molar-refractivity contribution in [1.29, 1.82) is 0 Å². The van der Waals surface area contributed by atoms with Gasteiger partial charge in [0.05, 0.1) is 12.3 Å². The van der Waals surface area contributed by atoms with Gasteiger partial charge in [-0.05, 0) is 33.6 Å². The fourth-order valence-electron chi connectivity index (χ4n) is 2.01. The van der Waals surface area contributed by atoms with E-state index in [4.69, 9.17) is 4.74 Å². The molecular formula is C13H21N3O2. The number of carbonyl (C=O) groups excluding carboxylic acids is 1. The third-order valence-corrected chi connectivity index (χ3v) is 3.26. The summed E-state index contributed by atoms with van der Waals surface area (Å²) in [5.41, 5.74) is 3.24. The van der Waals surface area contributed by atoms with Gasteiger partial charge in [-0.3, -0.25) is 9.48 Å². The number of ether oxygens (including phenoxy) is 1. The van der Waals surface area contributed by atoms with Crippen LogP contribution in [0.5, 0.6) is 0 Å². The molecule has 1 aromatic rings. The summed E-state index contributed by atoms with van der Waals surface area (Å²) >= 11 is 0. The third-order valence-electron chi connectivity index (χ3n) is 3.26. The Morgan fingerprint density at radius 1 is 1.50 bits per heavy atom. The SMILES string of the molecule is CCOC(=O)Cn1nc(C)c(CNC2CC2)c1C. The summed E-state index contributed by atoms with van der Waals surface area (Å²) in [7, 11) is 0. The lowest BCUT2D eigenvalue weighted by Gasteiger charge is -2.06. The summed E-state index contributed by atoms with van der Waals surface area (Å²) in [6.07, 6.45) is 2.55. The Balaban J connectivity index is 2.02. The molecule has 0 aliphatic heterocycles. The van der Waals surface area contributed by atoms with Crippen molar-refractivity contribution in [3.05, 3.63) is 17.0 Å². The van der Waals surface area contributed by atoms with Crippen LogP contribution in [0.25, 0.3) is 0 Å². The summed E-state index contributed by atoms with van der Waals surface area (Å²) in [5.74, 6) is -0.232. The molecule has 0 atom stereocenters. The average Bonchev–Trinajstić information content (AvgIpc) is 3.08. The Labute approximate surface area is 108 Å². The van der Waals surface area contributed by atoms with E-state index in [9.17, 15) is 4.79 Å². The number of nitrogens with one attached hydrogen (secondary N) is 1. The number of esters is 1. The lowest BCUT2D eigenvalue weighted by Crippen LogP contribution is -2.17. The van der Waals surface area contributed by atoms with E-state index in [2.05, 4.69) is 10.4 Å². The highest BCUT2D eigenvalue weighted by Gasteiger charge is 2.22. The second-order valence-corrected chi connectivity index (χ2v) is 4.77. The highest BCUT2D eigenvalue weighted by Crippen LogP contribution is 2.21. The topological polar surface area (TPSA) is 56.2 Å². The molecule has 1 N–H and O–H groups in total. The average molecular weight is 251 g/mol. The number of aryl methyl sites for hydroxylation is 1. The molecule has 1 aliphatic carbocycles. The van der Waals surface area contributed by atoms with Crippen LogP contribution in [0.15, 0.2) is 0 Å². The Hall–Kier alpha value is -1.36. The summed E-state index contributed by atoms with van der Waals surface area (Å²) < 4.78 is 6.68. The van der Waals surface area contributed by atoms with Gasteiger partial charge in [-0.2, -0.15) is 5.10 Å². The minimum absolute atomic E-state index is 0.198. The number of hydrogen-bond acceptors (Lipinski definition) is 4. The van der Waals surface area contributed by atoms with Gasteiger partial charge >= 0.3 is 5.97 Å².